The van der Waals surface area contributed by atoms with Crippen LogP contribution in [0.2, 0.25) is 0 Å². The Kier molecular flexibility index (Phi) is 6.58. The summed E-state index contributed by atoms with van der Waals surface area (Å²) in [6.45, 7) is 5.52. The Balaban J connectivity index is 1.22. The monoisotopic (exact) mass is 534 g/mol. The van der Waals surface area contributed by atoms with Gasteiger partial charge in [0.05, 0.1) is 12.2 Å². The number of hydrogen-bond acceptors (Lipinski definition) is 6. The number of nitrogens with zero attached hydrogens (tertiary/aromatic N) is 5. The summed E-state index contributed by atoms with van der Waals surface area (Å²) in [5.41, 5.74) is 5.40. The van der Waals surface area contributed by atoms with E-state index < -0.39 is 5.91 Å². The van der Waals surface area contributed by atoms with Crippen molar-refractivity contribution in [2.45, 2.75) is 26.8 Å². The maximum Gasteiger partial charge on any atom is 0.283 e. The van der Waals surface area contributed by atoms with E-state index >= 15 is 0 Å². The van der Waals surface area contributed by atoms with E-state index in [1.165, 1.54) is 27.9 Å². The van der Waals surface area contributed by atoms with Gasteiger partial charge < -0.3 is 9.30 Å². The Hall–Kier alpha value is -4.50. The molecule has 194 valence electrons. The van der Waals surface area contributed by atoms with Gasteiger partial charge in [0.2, 0.25) is 5.17 Å². The minimum Gasteiger partial charge on any atom is -0.494 e. The summed E-state index contributed by atoms with van der Waals surface area (Å²) < 4.78 is 8.14. The molecule has 8 nitrogen and oxygen atoms in total. The summed E-state index contributed by atoms with van der Waals surface area (Å²) in [4.78, 5) is 21.4. The number of aromatic nitrogens is 2. The molecule has 4 heterocycles. The molecule has 9 heteroatoms. The van der Waals surface area contributed by atoms with Crippen molar-refractivity contribution < 1.29 is 9.53 Å². The number of hydrogen-bond donors (Lipinski definition) is 1. The highest BCUT2D eigenvalue weighted by Crippen LogP contribution is 2.32. The number of carbonyl (C=O) groups excluding carboxylic acids is 1. The van der Waals surface area contributed by atoms with Crippen LogP contribution in [0, 0.1) is 19.3 Å². The quantitative estimate of drug-likeness (QED) is 0.239. The first kappa shape index (κ1) is 24.8. The minimum absolute atomic E-state index is 0.00927. The maximum absolute atomic E-state index is 13.0. The Morgan fingerprint density at radius 3 is 2.77 bits per heavy atom. The van der Waals surface area contributed by atoms with Crippen molar-refractivity contribution in [2.75, 3.05) is 6.61 Å². The number of hydrazone groups is 1. The summed E-state index contributed by atoms with van der Waals surface area (Å²) in [6, 6.07) is 17.9. The number of carbonyl (C=O) groups is 1. The summed E-state index contributed by atoms with van der Waals surface area (Å²) in [7, 11) is 0. The molecule has 39 heavy (non-hydrogen) atoms. The van der Waals surface area contributed by atoms with Gasteiger partial charge in [0.25, 0.3) is 5.91 Å². The fourth-order valence-corrected chi connectivity index (χ4v) is 5.44. The van der Waals surface area contributed by atoms with Crippen molar-refractivity contribution in [1.82, 2.24) is 14.6 Å². The molecule has 4 aromatic rings. The van der Waals surface area contributed by atoms with Gasteiger partial charge in [-0.1, -0.05) is 24.3 Å². The summed E-state index contributed by atoms with van der Waals surface area (Å²) in [5.74, 6) is 0.444. The van der Waals surface area contributed by atoms with Gasteiger partial charge in [-0.05, 0) is 79.6 Å². The van der Waals surface area contributed by atoms with Crippen LogP contribution in [0.1, 0.15) is 28.7 Å². The fourth-order valence-electron chi connectivity index (χ4n) is 4.56. The standard InChI is InChI=1S/C30H26N6O2S/c1-19-10-11-23(15-20(19)2)38-14-6-13-35-18-22(24-8-3-4-9-26(24)35)16-25-27(31)36-30(33-28(25)37)39-29(34-36)21-7-5-12-32-17-21/h3-5,7-12,15-18,31H,6,13-14H2,1-2H3/b25-16+,31-27?. The predicted octanol–water partition coefficient (Wildman–Crippen LogP) is 5.79. The van der Waals surface area contributed by atoms with E-state index in [1.807, 2.05) is 42.6 Å². The molecule has 0 bridgehead atoms. The normalized spacial score (nSPS) is 16.1. The van der Waals surface area contributed by atoms with Crippen molar-refractivity contribution in [1.29, 1.82) is 5.41 Å². The predicted molar refractivity (Wildman–Crippen MR) is 156 cm³/mol. The van der Waals surface area contributed by atoms with Gasteiger partial charge in [0.15, 0.2) is 5.84 Å². The van der Waals surface area contributed by atoms with Gasteiger partial charge in [0.1, 0.15) is 10.8 Å². The van der Waals surface area contributed by atoms with Crippen LogP contribution >= 0.6 is 11.8 Å². The first-order valence-corrected chi connectivity index (χ1v) is 13.5. The van der Waals surface area contributed by atoms with Gasteiger partial charge in [-0.15, -0.1) is 0 Å². The molecule has 2 aliphatic rings. The van der Waals surface area contributed by atoms with E-state index in [0.29, 0.717) is 16.8 Å². The number of rotatable bonds is 7. The number of para-hydroxylation sites is 1. The molecule has 1 N–H and O–H groups in total. The first-order valence-electron chi connectivity index (χ1n) is 12.7. The Bertz CT molecular complexity index is 1700. The Labute approximate surface area is 230 Å². The molecular weight excluding hydrogens is 508 g/mol. The van der Waals surface area contributed by atoms with Crippen LogP contribution in [0.15, 0.2) is 88.9 Å². The zero-order valence-electron chi connectivity index (χ0n) is 21.6. The molecule has 2 aliphatic heterocycles. The molecule has 0 unspecified atom stereocenters. The largest absolute Gasteiger partial charge is 0.494 e. The molecule has 0 spiro atoms. The van der Waals surface area contributed by atoms with E-state index in [2.05, 4.69) is 51.7 Å². The molecule has 2 aromatic carbocycles. The number of aliphatic imine (C=N–C) groups is 1. The molecule has 6 rings (SSSR count). The minimum atomic E-state index is -0.444. The van der Waals surface area contributed by atoms with Crippen LogP contribution in [-0.2, 0) is 11.3 Å². The van der Waals surface area contributed by atoms with Crippen LogP contribution in [0.25, 0.3) is 17.0 Å². The lowest BCUT2D eigenvalue weighted by atomic mass is 10.1. The van der Waals surface area contributed by atoms with E-state index in [1.54, 1.807) is 18.5 Å². The number of aryl methyl sites for hydroxylation is 3. The molecule has 2 aromatic heterocycles. The second-order valence-corrected chi connectivity index (χ2v) is 10.4. The summed E-state index contributed by atoms with van der Waals surface area (Å²) in [5, 5.41) is 16.8. The number of amides is 1. The van der Waals surface area contributed by atoms with Gasteiger partial charge in [-0.25, -0.2) is 0 Å². The number of pyridine rings is 1. The van der Waals surface area contributed by atoms with Crippen molar-refractivity contribution in [3.8, 4) is 5.75 Å². The van der Waals surface area contributed by atoms with Crippen molar-refractivity contribution in [3.05, 3.63) is 101 Å². The van der Waals surface area contributed by atoms with Gasteiger partial charge in [-0.2, -0.15) is 15.1 Å². The van der Waals surface area contributed by atoms with Crippen LogP contribution < -0.4 is 4.74 Å². The average Bonchev–Trinajstić information content (AvgIpc) is 3.53. The van der Waals surface area contributed by atoms with Crippen LogP contribution in [0.4, 0.5) is 0 Å². The number of fused-ring (bicyclic) bond motifs is 2. The smallest absolute Gasteiger partial charge is 0.283 e. The van der Waals surface area contributed by atoms with E-state index in [-0.39, 0.29) is 11.4 Å². The van der Waals surface area contributed by atoms with Gasteiger partial charge >= 0.3 is 0 Å². The highest BCUT2D eigenvalue weighted by Gasteiger charge is 2.36. The topological polar surface area (TPSA) is 95.9 Å². The third-order valence-electron chi connectivity index (χ3n) is 6.77. The van der Waals surface area contributed by atoms with Gasteiger partial charge in [-0.3, -0.25) is 15.2 Å². The second-order valence-electron chi connectivity index (χ2n) is 9.41. The number of ether oxygens (including phenoxy) is 1. The number of benzene rings is 2. The SMILES string of the molecule is Cc1ccc(OCCCn2cc(/C=C3\C(=N)N4N=C(c5cccnc5)SC4=NC3=O)c3ccccc32)cc1C. The zero-order valence-corrected chi connectivity index (χ0v) is 22.4. The third kappa shape index (κ3) is 4.88. The van der Waals surface area contributed by atoms with Crippen molar-refractivity contribution >= 4 is 50.7 Å². The van der Waals surface area contributed by atoms with Crippen LogP contribution in [0.5, 0.6) is 5.75 Å². The molecular formula is C30H26N6O2S. The first-order chi connectivity index (χ1) is 19.0. The number of nitrogens with one attached hydrogen (secondary N) is 1. The number of amidine groups is 2. The molecule has 0 aliphatic carbocycles. The molecule has 0 saturated heterocycles. The van der Waals surface area contributed by atoms with Crippen LogP contribution in [-0.4, -0.2) is 43.1 Å². The lowest BCUT2D eigenvalue weighted by Gasteiger charge is -2.20. The average molecular weight is 535 g/mol. The summed E-state index contributed by atoms with van der Waals surface area (Å²) in [6.07, 6.45) is 7.99. The molecule has 1 amide bonds. The van der Waals surface area contributed by atoms with E-state index in [9.17, 15) is 4.79 Å². The lowest BCUT2D eigenvalue weighted by molar-refractivity contribution is -0.114. The third-order valence-corrected chi connectivity index (χ3v) is 7.73. The highest BCUT2D eigenvalue weighted by atomic mass is 32.2. The lowest BCUT2D eigenvalue weighted by Crippen LogP contribution is -2.35. The molecule has 0 atom stereocenters. The van der Waals surface area contributed by atoms with Crippen molar-refractivity contribution in [3.63, 3.8) is 0 Å². The van der Waals surface area contributed by atoms with E-state index in [4.69, 9.17) is 10.1 Å². The highest BCUT2D eigenvalue weighted by molar-refractivity contribution is 8.27. The van der Waals surface area contributed by atoms with Crippen molar-refractivity contribution in [2.24, 2.45) is 10.1 Å². The molecule has 0 radical (unpaired) electrons. The second kappa shape index (κ2) is 10.3. The van der Waals surface area contributed by atoms with E-state index in [0.717, 1.165) is 40.7 Å². The zero-order chi connectivity index (χ0) is 26.9. The Morgan fingerprint density at radius 1 is 1.08 bits per heavy atom. The molecule has 0 fully saturated rings. The number of thioether (sulfide) groups is 1. The summed E-state index contributed by atoms with van der Waals surface area (Å²) >= 11 is 1.26. The molecule has 0 saturated carbocycles. The Morgan fingerprint density at radius 2 is 1.95 bits per heavy atom. The fraction of sp³-hybridized carbons (Fsp3) is 0.167. The van der Waals surface area contributed by atoms with Crippen LogP contribution in [0.3, 0.4) is 0 Å². The van der Waals surface area contributed by atoms with Gasteiger partial charge in [0, 0.05) is 47.2 Å². The maximum atomic E-state index is 13.0.